The molecule has 0 bridgehead atoms. The minimum atomic E-state index is -0.971. The Labute approximate surface area is 123 Å². The highest BCUT2D eigenvalue weighted by Gasteiger charge is 2.52. The van der Waals surface area contributed by atoms with Gasteiger partial charge in [-0.25, -0.2) is 4.79 Å². The molecule has 2 fully saturated rings. The minimum absolute atomic E-state index is 0.203. The molecule has 1 aromatic rings. The predicted molar refractivity (Wildman–Crippen MR) is 77.8 cm³/mol. The molecule has 20 heavy (non-hydrogen) atoms. The number of rotatable bonds is 3. The first kappa shape index (κ1) is 13.7. The van der Waals surface area contributed by atoms with Crippen LogP contribution in [0.5, 0.6) is 0 Å². The lowest BCUT2D eigenvalue weighted by Gasteiger charge is -2.59. The van der Waals surface area contributed by atoms with Gasteiger partial charge in [0.2, 0.25) is 0 Å². The lowest BCUT2D eigenvalue weighted by Crippen LogP contribution is -2.64. The Bertz CT molecular complexity index is 535. The zero-order chi connectivity index (χ0) is 14.5. The summed E-state index contributed by atoms with van der Waals surface area (Å²) in [5, 5.41) is 9.44. The standard InChI is InChI=1S/C15H18ClNO3/c1-9-3-10(4-12(16)13(9)14(18)19)17-7-15(8-17)5-11(6-15)20-2/h3-4,11H,5-8H2,1-2H3,(H,18,19). The molecule has 0 radical (unpaired) electrons. The second kappa shape index (κ2) is 4.64. The van der Waals surface area contributed by atoms with Crippen molar-refractivity contribution in [3.05, 3.63) is 28.3 Å². The number of methoxy groups -OCH3 is 1. The molecule has 2 aliphatic rings. The average Bonchev–Trinajstić information content (AvgIpc) is 2.23. The van der Waals surface area contributed by atoms with Crippen molar-refractivity contribution in [2.75, 3.05) is 25.1 Å². The molecule has 1 heterocycles. The third-order valence-corrected chi connectivity index (χ3v) is 4.86. The fraction of sp³-hybridized carbons (Fsp3) is 0.533. The van der Waals surface area contributed by atoms with E-state index in [0.29, 0.717) is 22.1 Å². The Morgan fingerprint density at radius 2 is 2.10 bits per heavy atom. The van der Waals surface area contributed by atoms with E-state index >= 15 is 0 Å². The average molecular weight is 296 g/mol. The van der Waals surface area contributed by atoms with Gasteiger partial charge < -0.3 is 14.7 Å². The monoisotopic (exact) mass is 295 g/mol. The molecule has 1 aliphatic carbocycles. The first-order chi connectivity index (χ1) is 9.44. The molecule has 5 heteroatoms. The largest absolute Gasteiger partial charge is 0.478 e. The number of hydrogen-bond acceptors (Lipinski definition) is 3. The number of benzene rings is 1. The van der Waals surface area contributed by atoms with Crippen LogP contribution in [0.2, 0.25) is 5.02 Å². The van der Waals surface area contributed by atoms with Gasteiger partial charge in [0.1, 0.15) is 0 Å². The summed E-state index contributed by atoms with van der Waals surface area (Å²) in [6.07, 6.45) is 2.66. The molecule has 108 valence electrons. The molecule has 1 aliphatic heterocycles. The predicted octanol–water partition coefficient (Wildman–Crippen LogP) is 2.96. The van der Waals surface area contributed by atoms with Crippen LogP contribution in [0.25, 0.3) is 0 Å². The number of anilines is 1. The van der Waals surface area contributed by atoms with E-state index in [4.69, 9.17) is 21.4 Å². The van der Waals surface area contributed by atoms with Gasteiger partial charge in [-0.15, -0.1) is 0 Å². The van der Waals surface area contributed by atoms with Crippen LogP contribution in [0, 0.1) is 12.3 Å². The number of carboxylic acid groups (broad SMARTS) is 1. The van der Waals surface area contributed by atoms with Crippen LogP contribution < -0.4 is 4.90 Å². The summed E-state index contributed by atoms with van der Waals surface area (Å²) in [5.41, 5.74) is 2.34. The van der Waals surface area contributed by atoms with Crippen molar-refractivity contribution < 1.29 is 14.6 Å². The third-order valence-electron chi connectivity index (χ3n) is 4.56. The van der Waals surface area contributed by atoms with E-state index in [1.54, 1.807) is 20.1 Å². The van der Waals surface area contributed by atoms with E-state index in [0.717, 1.165) is 31.6 Å². The molecule has 0 unspecified atom stereocenters. The molecular formula is C15H18ClNO3. The smallest absolute Gasteiger partial charge is 0.337 e. The number of halogens is 1. The highest BCUT2D eigenvalue weighted by molar-refractivity contribution is 6.34. The summed E-state index contributed by atoms with van der Waals surface area (Å²) in [6, 6.07) is 3.67. The SMILES string of the molecule is COC1CC2(C1)CN(c1cc(C)c(C(=O)O)c(Cl)c1)C2. The molecule has 0 aromatic heterocycles. The number of nitrogens with zero attached hydrogens (tertiary/aromatic N) is 1. The molecule has 3 rings (SSSR count). The van der Waals surface area contributed by atoms with Crippen molar-refractivity contribution in [1.29, 1.82) is 0 Å². The Hall–Kier alpha value is -1.26. The van der Waals surface area contributed by atoms with E-state index in [9.17, 15) is 4.79 Å². The molecule has 1 N–H and O–H groups in total. The van der Waals surface area contributed by atoms with E-state index in [-0.39, 0.29) is 5.56 Å². The van der Waals surface area contributed by atoms with Gasteiger partial charge >= 0.3 is 5.97 Å². The van der Waals surface area contributed by atoms with Crippen LogP contribution >= 0.6 is 11.6 Å². The van der Waals surface area contributed by atoms with E-state index in [2.05, 4.69) is 4.90 Å². The van der Waals surface area contributed by atoms with Crippen molar-refractivity contribution in [3.63, 3.8) is 0 Å². The Morgan fingerprint density at radius 3 is 2.60 bits per heavy atom. The van der Waals surface area contributed by atoms with Crippen LogP contribution in [0.3, 0.4) is 0 Å². The summed E-state index contributed by atoms with van der Waals surface area (Å²) in [7, 11) is 1.77. The molecule has 1 saturated heterocycles. The van der Waals surface area contributed by atoms with E-state index in [1.165, 1.54) is 0 Å². The Kier molecular flexibility index (Phi) is 3.18. The topological polar surface area (TPSA) is 49.8 Å². The molecule has 1 spiro atoms. The van der Waals surface area contributed by atoms with Crippen LogP contribution in [-0.2, 0) is 4.74 Å². The van der Waals surface area contributed by atoms with Crippen LogP contribution in [0.1, 0.15) is 28.8 Å². The lowest BCUT2D eigenvalue weighted by atomic mass is 9.61. The second-order valence-corrected chi connectivity index (χ2v) is 6.45. The lowest BCUT2D eigenvalue weighted by molar-refractivity contribution is -0.0731. The number of hydrogen-bond donors (Lipinski definition) is 1. The van der Waals surface area contributed by atoms with Gasteiger partial charge in [-0.3, -0.25) is 0 Å². The first-order valence-corrected chi connectivity index (χ1v) is 7.13. The molecule has 4 nitrogen and oxygen atoms in total. The fourth-order valence-corrected chi connectivity index (χ4v) is 3.80. The Morgan fingerprint density at radius 1 is 1.45 bits per heavy atom. The molecule has 0 amide bonds. The second-order valence-electron chi connectivity index (χ2n) is 6.05. The van der Waals surface area contributed by atoms with Crippen molar-refractivity contribution >= 4 is 23.3 Å². The zero-order valence-corrected chi connectivity index (χ0v) is 12.4. The van der Waals surface area contributed by atoms with Gasteiger partial charge in [0.15, 0.2) is 0 Å². The first-order valence-electron chi connectivity index (χ1n) is 6.75. The van der Waals surface area contributed by atoms with Crippen LogP contribution in [0.15, 0.2) is 12.1 Å². The van der Waals surface area contributed by atoms with Gasteiger partial charge in [0, 0.05) is 31.3 Å². The third kappa shape index (κ3) is 2.07. The number of aromatic carboxylic acids is 1. The van der Waals surface area contributed by atoms with Crippen molar-refractivity contribution in [2.24, 2.45) is 5.41 Å². The van der Waals surface area contributed by atoms with Crippen molar-refractivity contribution in [1.82, 2.24) is 0 Å². The number of carbonyl (C=O) groups is 1. The normalized spacial score (nSPS) is 20.6. The maximum atomic E-state index is 11.1. The Balaban J connectivity index is 1.73. The summed E-state index contributed by atoms with van der Waals surface area (Å²) in [6.45, 7) is 3.81. The number of ether oxygens (including phenoxy) is 1. The molecule has 0 atom stereocenters. The fourth-order valence-electron chi connectivity index (χ4n) is 3.46. The molecule has 1 saturated carbocycles. The van der Waals surface area contributed by atoms with Gasteiger partial charge in [-0.1, -0.05) is 11.6 Å². The zero-order valence-electron chi connectivity index (χ0n) is 11.6. The molecular weight excluding hydrogens is 278 g/mol. The summed E-state index contributed by atoms with van der Waals surface area (Å²) >= 11 is 6.09. The van der Waals surface area contributed by atoms with Crippen LogP contribution in [0.4, 0.5) is 5.69 Å². The van der Waals surface area contributed by atoms with Gasteiger partial charge in [0.25, 0.3) is 0 Å². The van der Waals surface area contributed by atoms with E-state index < -0.39 is 5.97 Å². The van der Waals surface area contributed by atoms with Gasteiger partial charge in [-0.05, 0) is 37.5 Å². The summed E-state index contributed by atoms with van der Waals surface area (Å²) < 4.78 is 5.33. The van der Waals surface area contributed by atoms with Crippen molar-refractivity contribution in [2.45, 2.75) is 25.9 Å². The summed E-state index contributed by atoms with van der Waals surface area (Å²) in [5.74, 6) is -0.971. The maximum Gasteiger partial charge on any atom is 0.337 e. The van der Waals surface area contributed by atoms with Gasteiger partial charge in [0.05, 0.1) is 16.7 Å². The van der Waals surface area contributed by atoms with E-state index in [1.807, 2.05) is 6.07 Å². The van der Waals surface area contributed by atoms with Crippen molar-refractivity contribution in [3.8, 4) is 0 Å². The number of carboxylic acids is 1. The minimum Gasteiger partial charge on any atom is -0.478 e. The number of aryl methyl sites for hydroxylation is 1. The summed E-state index contributed by atoms with van der Waals surface area (Å²) in [4.78, 5) is 13.4. The maximum absolute atomic E-state index is 11.1. The highest BCUT2D eigenvalue weighted by Crippen LogP contribution is 2.50. The van der Waals surface area contributed by atoms with Crippen LogP contribution in [-0.4, -0.2) is 37.4 Å². The molecule has 1 aromatic carbocycles. The quantitative estimate of drug-likeness (QED) is 0.931. The van der Waals surface area contributed by atoms with Gasteiger partial charge in [-0.2, -0.15) is 0 Å². The highest BCUT2D eigenvalue weighted by atomic mass is 35.5.